The van der Waals surface area contributed by atoms with Gasteiger partial charge in [0, 0.05) is 26.0 Å². The van der Waals surface area contributed by atoms with Gasteiger partial charge in [-0.2, -0.15) is 0 Å². The number of para-hydroxylation sites is 4. The minimum Gasteiger partial charge on any atom is -0.454 e. The summed E-state index contributed by atoms with van der Waals surface area (Å²) in [5.74, 6) is 0. The molecule has 0 saturated carbocycles. The van der Waals surface area contributed by atoms with Gasteiger partial charge in [-0.05, 0) is 99.5 Å². The van der Waals surface area contributed by atoms with E-state index in [1.54, 1.807) is 27.7 Å². The minimum absolute atomic E-state index is 0.717. The standard InChI is InChI=1S/C23H12BNO2.C23H12BrNO2.C6H14O2/c2*24-14-11-9-13(10-12-14)19-22-20(15-5-1-3-7-17(15)26-22)25-21-16-6-2-4-8-18(16)27-23(19)21;1-5(2,7)6(3,4)8/h2*1-12H;7-8H,1-4H3. The van der Waals surface area contributed by atoms with Gasteiger partial charge in [0.05, 0.1) is 22.3 Å². The molecule has 0 saturated heterocycles. The molecule has 6 heterocycles. The number of benzene rings is 6. The average molecular weight is 878 g/mol. The van der Waals surface area contributed by atoms with Crippen molar-refractivity contribution in [1.82, 2.24) is 9.97 Å². The molecule has 0 amide bonds. The molecule has 12 rings (SSSR count). The molecule has 302 valence electrons. The largest absolute Gasteiger partial charge is 0.454 e. The molecule has 0 aliphatic carbocycles. The van der Waals surface area contributed by atoms with Gasteiger partial charge >= 0.3 is 0 Å². The van der Waals surface area contributed by atoms with Gasteiger partial charge in [-0.25, -0.2) is 9.97 Å². The predicted molar refractivity (Wildman–Crippen MR) is 254 cm³/mol. The minimum atomic E-state index is -1.01. The van der Waals surface area contributed by atoms with Crippen LogP contribution >= 0.6 is 15.9 Å². The Morgan fingerprint density at radius 3 is 0.984 bits per heavy atom. The highest BCUT2D eigenvalue weighted by molar-refractivity contribution is 9.10. The van der Waals surface area contributed by atoms with E-state index in [-0.39, 0.29) is 0 Å². The third kappa shape index (κ3) is 6.81. The summed E-state index contributed by atoms with van der Waals surface area (Å²) in [6.45, 7) is 6.31. The Morgan fingerprint density at radius 1 is 0.419 bits per heavy atom. The second-order valence-electron chi connectivity index (χ2n) is 16.3. The summed E-state index contributed by atoms with van der Waals surface area (Å²) in [6.07, 6.45) is 0. The van der Waals surface area contributed by atoms with E-state index in [4.69, 9.17) is 45.7 Å². The van der Waals surface area contributed by atoms with Gasteiger partial charge in [-0.1, -0.05) is 106 Å². The van der Waals surface area contributed by atoms with Gasteiger partial charge in [0.2, 0.25) is 0 Å². The van der Waals surface area contributed by atoms with Gasteiger partial charge in [-0.3, -0.25) is 0 Å². The van der Waals surface area contributed by atoms with Crippen LogP contribution in [0, 0.1) is 0 Å². The van der Waals surface area contributed by atoms with E-state index in [1.165, 1.54) is 0 Å². The normalized spacial score (nSPS) is 12.2. The summed E-state index contributed by atoms with van der Waals surface area (Å²) >= 11 is 3.51. The van der Waals surface area contributed by atoms with Crippen LogP contribution in [0.4, 0.5) is 0 Å². The van der Waals surface area contributed by atoms with Crippen molar-refractivity contribution in [2.75, 3.05) is 0 Å². The molecule has 6 aromatic carbocycles. The van der Waals surface area contributed by atoms with Crippen molar-refractivity contribution in [3.63, 3.8) is 0 Å². The van der Waals surface area contributed by atoms with Gasteiger partial charge in [0.1, 0.15) is 52.2 Å². The van der Waals surface area contributed by atoms with Crippen LogP contribution in [-0.4, -0.2) is 39.2 Å². The number of hydrogen-bond donors (Lipinski definition) is 2. The first-order valence-electron chi connectivity index (χ1n) is 20.2. The summed E-state index contributed by atoms with van der Waals surface area (Å²) in [5, 5.41) is 22.2. The number of pyridine rings is 2. The highest BCUT2D eigenvalue weighted by Gasteiger charge is 2.32. The SMILES string of the molecule is Brc1ccc(-c2c3oc4ccccc4c3nc3c2oc2ccccc23)cc1.CC(C)(O)C(C)(C)O.[B]c1ccc(-c2c3oc4ccccc4c3nc3c2oc2ccccc23)cc1. The van der Waals surface area contributed by atoms with Crippen molar-refractivity contribution in [2.24, 2.45) is 0 Å². The average Bonchev–Trinajstić information content (AvgIpc) is 4.03. The van der Waals surface area contributed by atoms with Crippen molar-refractivity contribution >= 4 is 118 Å². The molecule has 0 bridgehead atoms. The van der Waals surface area contributed by atoms with Crippen LogP contribution < -0.4 is 5.46 Å². The van der Waals surface area contributed by atoms with Crippen molar-refractivity contribution < 1.29 is 27.9 Å². The van der Waals surface area contributed by atoms with E-state index >= 15 is 0 Å². The fourth-order valence-electron chi connectivity index (χ4n) is 7.47. The summed E-state index contributed by atoms with van der Waals surface area (Å²) in [7, 11) is 5.89. The maximum atomic E-state index is 9.10. The second-order valence-corrected chi connectivity index (χ2v) is 17.2. The van der Waals surface area contributed by atoms with Crippen LogP contribution in [0.1, 0.15) is 27.7 Å². The smallest absolute Gasteiger partial charge is 0.165 e. The molecular weight excluding hydrogens is 839 g/mol. The Balaban J connectivity index is 0.000000126. The Labute approximate surface area is 364 Å². The lowest BCUT2D eigenvalue weighted by Crippen LogP contribution is -2.44. The lowest BCUT2D eigenvalue weighted by molar-refractivity contribution is -0.107. The molecular formula is C52H38BBrN2O6. The lowest BCUT2D eigenvalue weighted by Gasteiger charge is -2.31. The third-order valence-electron chi connectivity index (χ3n) is 11.5. The topological polar surface area (TPSA) is 119 Å². The Hall–Kier alpha value is -6.72. The molecule has 0 aliphatic rings. The summed E-state index contributed by atoms with van der Waals surface area (Å²) in [6, 6.07) is 47.9. The Bertz CT molecular complexity index is 3210. The number of nitrogens with zero attached hydrogens (tertiary/aromatic N) is 2. The van der Waals surface area contributed by atoms with Crippen molar-refractivity contribution in [1.29, 1.82) is 0 Å². The lowest BCUT2D eigenvalue weighted by atomic mass is 9.90. The van der Waals surface area contributed by atoms with Crippen LogP contribution in [0.15, 0.2) is 168 Å². The number of aromatic nitrogens is 2. The first-order chi connectivity index (χ1) is 29.8. The van der Waals surface area contributed by atoms with Crippen LogP contribution in [-0.2, 0) is 0 Å². The molecule has 10 heteroatoms. The van der Waals surface area contributed by atoms with E-state index in [9.17, 15) is 0 Å². The third-order valence-corrected chi connectivity index (χ3v) is 12.0. The maximum absolute atomic E-state index is 9.10. The highest BCUT2D eigenvalue weighted by atomic mass is 79.9. The molecule has 12 aromatic rings. The van der Waals surface area contributed by atoms with Crippen molar-refractivity contribution in [3.05, 3.63) is 150 Å². The zero-order valence-electron chi connectivity index (χ0n) is 34.2. The monoisotopic (exact) mass is 876 g/mol. The summed E-state index contributed by atoms with van der Waals surface area (Å²) in [5.41, 5.74) is 12.2. The van der Waals surface area contributed by atoms with Crippen LogP contribution in [0.25, 0.3) is 111 Å². The molecule has 0 atom stereocenters. The molecule has 2 N–H and O–H groups in total. The first kappa shape index (κ1) is 39.4. The maximum Gasteiger partial charge on any atom is 0.165 e. The van der Waals surface area contributed by atoms with Crippen LogP contribution in [0.3, 0.4) is 0 Å². The number of rotatable bonds is 3. The molecule has 0 spiro atoms. The quantitative estimate of drug-likeness (QED) is 0.168. The fourth-order valence-corrected chi connectivity index (χ4v) is 7.73. The molecule has 62 heavy (non-hydrogen) atoms. The van der Waals surface area contributed by atoms with Crippen LogP contribution in [0.5, 0.6) is 0 Å². The van der Waals surface area contributed by atoms with Crippen molar-refractivity contribution in [3.8, 4) is 22.3 Å². The van der Waals surface area contributed by atoms with Gasteiger partial charge < -0.3 is 27.9 Å². The number of hydrogen-bond acceptors (Lipinski definition) is 8. The van der Waals surface area contributed by atoms with E-state index in [0.717, 1.165) is 120 Å². The molecule has 0 unspecified atom stereocenters. The number of halogens is 1. The van der Waals surface area contributed by atoms with E-state index in [1.807, 2.05) is 133 Å². The summed E-state index contributed by atoms with van der Waals surface area (Å²) in [4.78, 5) is 9.91. The predicted octanol–water partition coefficient (Wildman–Crippen LogP) is 13.2. The Morgan fingerprint density at radius 2 is 0.694 bits per heavy atom. The number of furan rings is 4. The zero-order valence-corrected chi connectivity index (χ0v) is 35.8. The fraction of sp³-hybridized carbons (Fsp3) is 0.115. The van der Waals surface area contributed by atoms with E-state index in [2.05, 4.69) is 28.1 Å². The van der Waals surface area contributed by atoms with E-state index in [0.29, 0.717) is 0 Å². The first-order valence-corrected chi connectivity index (χ1v) is 20.9. The van der Waals surface area contributed by atoms with Crippen LogP contribution in [0.2, 0.25) is 0 Å². The molecule has 0 aliphatic heterocycles. The highest BCUT2D eigenvalue weighted by Crippen LogP contribution is 2.44. The van der Waals surface area contributed by atoms with Crippen molar-refractivity contribution in [2.45, 2.75) is 38.9 Å². The zero-order chi connectivity index (χ0) is 42.9. The molecule has 0 fully saturated rings. The van der Waals surface area contributed by atoms with E-state index < -0.39 is 11.2 Å². The molecule has 2 radical (unpaired) electrons. The number of fused-ring (bicyclic) bond motifs is 12. The van der Waals surface area contributed by atoms with Gasteiger partial charge in [0.25, 0.3) is 0 Å². The molecule has 8 nitrogen and oxygen atoms in total. The molecule has 6 aromatic heterocycles. The van der Waals surface area contributed by atoms with Gasteiger partial charge in [-0.15, -0.1) is 0 Å². The summed E-state index contributed by atoms with van der Waals surface area (Å²) < 4.78 is 25.9. The number of aliphatic hydroxyl groups is 2. The van der Waals surface area contributed by atoms with Gasteiger partial charge in [0.15, 0.2) is 22.3 Å². The Kier molecular flexibility index (Phi) is 9.55. The second kappa shape index (κ2) is 15.0.